The SMILES string of the molecule is CC(CO)CCCNc1ccc(N)c(C#N)c1. The van der Waals surface area contributed by atoms with Gasteiger partial charge in [-0.3, -0.25) is 0 Å². The molecular weight excluding hydrogens is 214 g/mol. The smallest absolute Gasteiger partial charge is 0.101 e. The zero-order valence-electron chi connectivity index (χ0n) is 10.1. The van der Waals surface area contributed by atoms with Gasteiger partial charge in [0.15, 0.2) is 0 Å². The zero-order chi connectivity index (χ0) is 12.7. The Balaban J connectivity index is 2.40. The minimum absolute atomic E-state index is 0.237. The zero-order valence-corrected chi connectivity index (χ0v) is 10.1. The third-order valence-corrected chi connectivity index (χ3v) is 2.69. The number of nitrogens with one attached hydrogen (secondary N) is 1. The lowest BCUT2D eigenvalue weighted by Gasteiger charge is -2.10. The van der Waals surface area contributed by atoms with Crippen LogP contribution >= 0.6 is 0 Å². The summed E-state index contributed by atoms with van der Waals surface area (Å²) in [4.78, 5) is 0. The first kappa shape index (κ1) is 13.3. The van der Waals surface area contributed by atoms with Gasteiger partial charge < -0.3 is 16.2 Å². The number of hydrogen-bond donors (Lipinski definition) is 3. The molecule has 1 aromatic rings. The van der Waals surface area contributed by atoms with E-state index in [0.717, 1.165) is 25.1 Å². The van der Waals surface area contributed by atoms with Gasteiger partial charge in [0.05, 0.1) is 5.56 Å². The van der Waals surface area contributed by atoms with Crippen LogP contribution in [0.25, 0.3) is 0 Å². The van der Waals surface area contributed by atoms with Gasteiger partial charge in [-0.1, -0.05) is 6.92 Å². The molecule has 0 aliphatic rings. The number of benzene rings is 1. The molecule has 0 spiro atoms. The van der Waals surface area contributed by atoms with E-state index in [0.29, 0.717) is 17.2 Å². The van der Waals surface area contributed by atoms with Crippen molar-refractivity contribution in [1.29, 1.82) is 5.26 Å². The van der Waals surface area contributed by atoms with Crippen molar-refractivity contribution in [3.8, 4) is 6.07 Å². The predicted molar refractivity (Wildman–Crippen MR) is 69.5 cm³/mol. The molecule has 4 heteroatoms. The lowest BCUT2D eigenvalue weighted by atomic mass is 10.1. The van der Waals surface area contributed by atoms with Crippen molar-refractivity contribution in [3.63, 3.8) is 0 Å². The quantitative estimate of drug-likeness (QED) is 0.518. The normalized spacial score (nSPS) is 11.8. The molecule has 0 aliphatic carbocycles. The lowest BCUT2D eigenvalue weighted by Crippen LogP contribution is -2.06. The van der Waals surface area contributed by atoms with Gasteiger partial charge in [-0.2, -0.15) is 5.26 Å². The van der Waals surface area contributed by atoms with Crippen LogP contribution in [0.3, 0.4) is 0 Å². The fourth-order valence-electron chi connectivity index (χ4n) is 1.54. The van der Waals surface area contributed by atoms with E-state index < -0.39 is 0 Å². The second-order valence-electron chi connectivity index (χ2n) is 4.27. The standard InChI is InChI=1S/C13H19N3O/c1-10(9-17)3-2-6-16-12-4-5-13(15)11(7-12)8-14/h4-5,7,10,16-17H,2-3,6,9,15H2,1H3. The molecule has 4 N–H and O–H groups in total. The Bertz CT molecular complexity index is 398. The van der Waals surface area contributed by atoms with Gasteiger partial charge in [-0.05, 0) is 37.0 Å². The summed E-state index contributed by atoms with van der Waals surface area (Å²) in [6, 6.07) is 7.41. The Hall–Kier alpha value is -1.73. The minimum atomic E-state index is 0.237. The largest absolute Gasteiger partial charge is 0.398 e. The van der Waals surface area contributed by atoms with E-state index in [-0.39, 0.29) is 6.61 Å². The molecule has 1 unspecified atom stereocenters. The molecule has 17 heavy (non-hydrogen) atoms. The average molecular weight is 233 g/mol. The van der Waals surface area contributed by atoms with Gasteiger partial charge in [-0.25, -0.2) is 0 Å². The van der Waals surface area contributed by atoms with Gasteiger partial charge >= 0.3 is 0 Å². The van der Waals surface area contributed by atoms with E-state index in [9.17, 15) is 0 Å². The van der Waals surface area contributed by atoms with Crippen LogP contribution in [0.2, 0.25) is 0 Å². The Morgan fingerprint density at radius 2 is 2.29 bits per heavy atom. The van der Waals surface area contributed by atoms with Crippen LogP contribution in [0.1, 0.15) is 25.3 Å². The van der Waals surface area contributed by atoms with Gasteiger partial charge in [-0.15, -0.1) is 0 Å². The molecule has 0 fully saturated rings. The monoisotopic (exact) mass is 233 g/mol. The molecule has 1 atom stereocenters. The van der Waals surface area contributed by atoms with E-state index in [2.05, 4.69) is 11.4 Å². The summed E-state index contributed by atoms with van der Waals surface area (Å²) in [7, 11) is 0. The van der Waals surface area contributed by atoms with Crippen LogP contribution in [0.15, 0.2) is 18.2 Å². The molecule has 0 saturated heterocycles. The summed E-state index contributed by atoms with van der Waals surface area (Å²) in [6.07, 6.45) is 1.98. The first-order valence-corrected chi connectivity index (χ1v) is 5.81. The topological polar surface area (TPSA) is 82.1 Å². The number of nitrogens with two attached hydrogens (primary N) is 1. The van der Waals surface area contributed by atoms with Crippen LogP contribution in [0.5, 0.6) is 0 Å². The maximum Gasteiger partial charge on any atom is 0.101 e. The summed E-state index contributed by atoms with van der Waals surface area (Å²) in [5.41, 5.74) is 7.55. The highest BCUT2D eigenvalue weighted by molar-refractivity contribution is 5.61. The number of nitrogens with zero attached hydrogens (tertiary/aromatic N) is 1. The number of aliphatic hydroxyl groups is 1. The number of rotatable bonds is 6. The second kappa shape index (κ2) is 6.77. The Kier molecular flexibility index (Phi) is 5.31. The number of hydrogen-bond acceptors (Lipinski definition) is 4. The molecule has 1 aromatic carbocycles. The maximum absolute atomic E-state index is 8.88. The van der Waals surface area contributed by atoms with E-state index in [1.165, 1.54) is 0 Å². The van der Waals surface area contributed by atoms with E-state index in [1.807, 2.05) is 13.0 Å². The molecule has 4 nitrogen and oxygen atoms in total. The molecule has 0 aromatic heterocycles. The van der Waals surface area contributed by atoms with Crippen LogP contribution < -0.4 is 11.1 Å². The van der Waals surface area contributed by atoms with Gasteiger partial charge in [0, 0.05) is 24.5 Å². The van der Waals surface area contributed by atoms with Crippen molar-refractivity contribution >= 4 is 11.4 Å². The van der Waals surface area contributed by atoms with Crippen LogP contribution in [0.4, 0.5) is 11.4 Å². The fraction of sp³-hybridized carbons (Fsp3) is 0.462. The number of nitrogen functional groups attached to an aromatic ring is 1. The van der Waals surface area contributed by atoms with Crippen molar-refractivity contribution < 1.29 is 5.11 Å². The molecule has 1 rings (SSSR count). The van der Waals surface area contributed by atoms with Crippen LogP contribution in [0, 0.1) is 17.2 Å². The summed E-state index contributed by atoms with van der Waals surface area (Å²) in [6.45, 7) is 3.09. The molecule has 0 heterocycles. The van der Waals surface area contributed by atoms with Gasteiger partial charge in [0.2, 0.25) is 0 Å². The highest BCUT2D eigenvalue weighted by atomic mass is 16.3. The van der Waals surface area contributed by atoms with Crippen LogP contribution in [-0.2, 0) is 0 Å². The number of nitriles is 1. The number of anilines is 2. The molecule has 92 valence electrons. The summed E-state index contributed by atoms with van der Waals surface area (Å²) in [5, 5.41) is 21.0. The van der Waals surface area contributed by atoms with Crippen LogP contribution in [-0.4, -0.2) is 18.3 Å². The fourth-order valence-corrected chi connectivity index (χ4v) is 1.54. The second-order valence-corrected chi connectivity index (χ2v) is 4.27. The van der Waals surface area contributed by atoms with E-state index in [4.69, 9.17) is 16.1 Å². The summed E-state index contributed by atoms with van der Waals surface area (Å²) >= 11 is 0. The molecule has 0 amide bonds. The van der Waals surface area contributed by atoms with Crippen molar-refractivity contribution in [2.75, 3.05) is 24.2 Å². The molecule has 0 bridgehead atoms. The van der Waals surface area contributed by atoms with Crippen molar-refractivity contribution in [2.24, 2.45) is 5.92 Å². The first-order chi connectivity index (χ1) is 8.17. The highest BCUT2D eigenvalue weighted by Crippen LogP contribution is 2.17. The predicted octanol–water partition coefficient (Wildman–Crippen LogP) is 1.96. The highest BCUT2D eigenvalue weighted by Gasteiger charge is 2.01. The molecule has 0 saturated carbocycles. The Labute approximate surface area is 102 Å². The van der Waals surface area contributed by atoms with Crippen molar-refractivity contribution in [1.82, 2.24) is 0 Å². The Morgan fingerprint density at radius 1 is 1.53 bits per heavy atom. The first-order valence-electron chi connectivity index (χ1n) is 5.81. The van der Waals surface area contributed by atoms with Gasteiger partial charge in [0.1, 0.15) is 6.07 Å². The third kappa shape index (κ3) is 4.33. The number of aliphatic hydroxyl groups excluding tert-OH is 1. The summed E-state index contributed by atoms with van der Waals surface area (Å²) in [5.74, 6) is 0.345. The molecule has 0 aliphatic heterocycles. The van der Waals surface area contributed by atoms with Crippen molar-refractivity contribution in [3.05, 3.63) is 23.8 Å². The average Bonchev–Trinajstić information content (AvgIpc) is 2.36. The maximum atomic E-state index is 8.88. The lowest BCUT2D eigenvalue weighted by molar-refractivity contribution is 0.229. The molecular formula is C13H19N3O. The Morgan fingerprint density at radius 3 is 2.94 bits per heavy atom. The van der Waals surface area contributed by atoms with Crippen molar-refractivity contribution in [2.45, 2.75) is 19.8 Å². The summed E-state index contributed by atoms with van der Waals surface area (Å²) < 4.78 is 0. The third-order valence-electron chi connectivity index (χ3n) is 2.69. The minimum Gasteiger partial charge on any atom is -0.398 e. The van der Waals surface area contributed by atoms with E-state index >= 15 is 0 Å². The van der Waals surface area contributed by atoms with Gasteiger partial charge in [0.25, 0.3) is 0 Å². The molecule has 0 radical (unpaired) electrons. The van der Waals surface area contributed by atoms with E-state index in [1.54, 1.807) is 12.1 Å².